The van der Waals surface area contributed by atoms with Crippen molar-refractivity contribution >= 4 is 11.3 Å². The van der Waals surface area contributed by atoms with E-state index >= 15 is 0 Å². The summed E-state index contributed by atoms with van der Waals surface area (Å²) in [5.41, 5.74) is 4.68. The minimum Gasteiger partial charge on any atom is -0.453 e. The monoisotopic (exact) mass is 195 g/mol. The molecule has 13 heavy (non-hydrogen) atoms. The van der Waals surface area contributed by atoms with Crippen molar-refractivity contribution < 1.29 is 10.2 Å². The molecule has 0 unspecified atom stereocenters. The van der Waals surface area contributed by atoms with Crippen molar-refractivity contribution in [2.24, 2.45) is 0 Å². The van der Waals surface area contributed by atoms with Crippen LogP contribution in [0, 0.1) is 6.92 Å². The number of hydrogen-bond acceptors (Lipinski definition) is 3. The smallest absolute Gasteiger partial charge is 0.158 e. The van der Waals surface area contributed by atoms with Crippen molar-refractivity contribution in [1.82, 2.24) is 4.98 Å². The van der Waals surface area contributed by atoms with Gasteiger partial charge in [-0.15, -0.1) is 11.3 Å². The van der Waals surface area contributed by atoms with E-state index in [9.17, 15) is 0 Å². The summed E-state index contributed by atoms with van der Waals surface area (Å²) >= 11 is 1.63. The van der Waals surface area contributed by atoms with Gasteiger partial charge in [-0.1, -0.05) is 0 Å². The number of quaternary nitrogens is 1. The topological polar surface area (TPSA) is 53.7 Å². The van der Waals surface area contributed by atoms with Crippen molar-refractivity contribution in [2.75, 3.05) is 0 Å². The van der Waals surface area contributed by atoms with E-state index in [2.05, 4.69) is 10.7 Å². The molecule has 3 nitrogen and oxygen atoms in total. The van der Waals surface area contributed by atoms with Crippen LogP contribution in [0.15, 0.2) is 21.9 Å². The van der Waals surface area contributed by atoms with E-state index in [1.165, 1.54) is 0 Å². The zero-order valence-electron chi connectivity index (χ0n) is 7.41. The Morgan fingerprint density at radius 2 is 2.38 bits per heavy atom. The Balaban J connectivity index is 2.35. The van der Waals surface area contributed by atoms with E-state index in [1.54, 1.807) is 11.3 Å². The lowest BCUT2D eigenvalue weighted by molar-refractivity contribution is -0.390. The van der Waals surface area contributed by atoms with Gasteiger partial charge in [0.15, 0.2) is 11.5 Å². The van der Waals surface area contributed by atoms with Crippen LogP contribution >= 0.6 is 11.3 Å². The molecule has 0 aliphatic carbocycles. The molecule has 4 heteroatoms. The average Bonchev–Trinajstić information content (AvgIpc) is 2.71. The lowest BCUT2D eigenvalue weighted by Gasteiger charge is -1.88. The fraction of sp³-hybridized carbons (Fsp3) is 0.222. The lowest BCUT2D eigenvalue weighted by Crippen LogP contribution is -2.47. The highest BCUT2D eigenvalue weighted by Crippen LogP contribution is 2.23. The highest BCUT2D eigenvalue weighted by Gasteiger charge is 2.06. The molecule has 3 N–H and O–H groups in total. The van der Waals surface area contributed by atoms with Crippen molar-refractivity contribution in [3.05, 3.63) is 28.3 Å². The first kappa shape index (κ1) is 8.47. The van der Waals surface area contributed by atoms with E-state index in [0.717, 1.165) is 22.2 Å². The highest BCUT2D eigenvalue weighted by atomic mass is 32.1. The molecule has 0 fully saturated rings. The van der Waals surface area contributed by atoms with Crippen molar-refractivity contribution in [3.63, 3.8) is 0 Å². The summed E-state index contributed by atoms with van der Waals surface area (Å²) in [6.07, 6.45) is 0. The van der Waals surface area contributed by atoms with Gasteiger partial charge in [-0.2, -0.15) is 0 Å². The normalized spacial score (nSPS) is 10.6. The molecule has 2 heterocycles. The van der Waals surface area contributed by atoms with Crippen LogP contribution in [0.25, 0.3) is 11.5 Å². The second-order valence-corrected chi connectivity index (χ2v) is 3.83. The first-order valence-corrected chi connectivity index (χ1v) is 4.98. The van der Waals surface area contributed by atoms with Gasteiger partial charge in [0, 0.05) is 5.38 Å². The summed E-state index contributed by atoms with van der Waals surface area (Å²) in [7, 11) is 0. The van der Waals surface area contributed by atoms with Gasteiger partial charge in [-0.25, -0.2) is 4.98 Å². The number of aromatic nitrogens is 1. The number of rotatable bonds is 2. The molecule has 0 spiro atoms. The van der Waals surface area contributed by atoms with Crippen LogP contribution in [0.5, 0.6) is 0 Å². The number of thiazole rings is 1. The Kier molecular flexibility index (Phi) is 2.16. The summed E-state index contributed by atoms with van der Waals surface area (Å²) in [5, 5.41) is 3.06. The first-order chi connectivity index (χ1) is 6.29. The highest BCUT2D eigenvalue weighted by molar-refractivity contribution is 7.09. The fourth-order valence-corrected chi connectivity index (χ4v) is 1.73. The maximum atomic E-state index is 5.51. The van der Waals surface area contributed by atoms with Crippen LogP contribution in [-0.4, -0.2) is 4.98 Å². The fourth-order valence-electron chi connectivity index (χ4n) is 1.13. The molecule has 2 aromatic rings. The van der Waals surface area contributed by atoms with E-state index in [1.807, 2.05) is 24.4 Å². The molecule has 0 bridgehead atoms. The van der Waals surface area contributed by atoms with Crippen LogP contribution in [-0.2, 0) is 6.54 Å². The van der Waals surface area contributed by atoms with Gasteiger partial charge < -0.3 is 10.2 Å². The molecular formula is C9H11N2OS+. The van der Waals surface area contributed by atoms with E-state index in [0.29, 0.717) is 6.54 Å². The van der Waals surface area contributed by atoms with Crippen molar-refractivity contribution in [3.8, 4) is 11.5 Å². The third kappa shape index (κ3) is 1.64. The molecule has 0 saturated heterocycles. The van der Waals surface area contributed by atoms with Crippen LogP contribution in [0.4, 0.5) is 0 Å². The third-order valence-corrected chi connectivity index (χ3v) is 2.55. The van der Waals surface area contributed by atoms with Crippen LogP contribution < -0.4 is 5.73 Å². The zero-order chi connectivity index (χ0) is 9.26. The second kappa shape index (κ2) is 3.32. The zero-order valence-corrected chi connectivity index (χ0v) is 8.23. The molecular weight excluding hydrogens is 184 g/mol. The Morgan fingerprint density at radius 3 is 2.92 bits per heavy atom. The van der Waals surface area contributed by atoms with Gasteiger partial charge >= 0.3 is 0 Å². The molecule has 68 valence electrons. The van der Waals surface area contributed by atoms with E-state index in [-0.39, 0.29) is 0 Å². The first-order valence-electron chi connectivity index (χ1n) is 4.10. The summed E-state index contributed by atoms with van der Waals surface area (Å²) in [5.74, 6) is 1.74. The SMILES string of the molecule is Cc1nc(-c2ccc(C[NH3+])o2)cs1. The second-order valence-electron chi connectivity index (χ2n) is 2.77. The minimum absolute atomic E-state index is 0.684. The number of aryl methyl sites for hydroxylation is 1. The predicted molar refractivity (Wildman–Crippen MR) is 51.1 cm³/mol. The predicted octanol–water partition coefficient (Wildman–Crippen LogP) is 1.45. The Labute approximate surface area is 80.2 Å². The number of nitrogens with zero attached hydrogens (tertiary/aromatic N) is 1. The maximum absolute atomic E-state index is 5.51. The van der Waals surface area contributed by atoms with Gasteiger partial charge in [-0.3, -0.25) is 0 Å². The largest absolute Gasteiger partial charge is 0.453 e. The minimum atomic E-state index is 0.684. The van der Waals surface area contributed by atoms with Gasteiger partial charge in [0.1, 0.15) is 12.2 Å². The molecule has 0 amide bonds. The van der Waals surface area contributed by atoms with Crippen LogP contribution in [0.3, 0.4) is 0 Å². The molecule has 0 saturated carbocycles. The molecule has 0 aliphatic heterocycles. The average molecular weight is 195 g/mol. The lowest BCUT2D eigenvalue weighted by atomic mass is 10.3. The van der Waals surface area contributed by atoms with E-state index < -0.39 is 0 Å². The molecule has 0 aliphatic rings. The summed E-state index contributed by atoms with van der Waals surface area (Å²) in [6, 6.07) is 3.88. The third-order valence-electron chi connectivity index (χ3n) is 1.78. The summed E-state index contributed by atoms with van der Waals surface area (Å²) in [4.78, 5) is 4.33. The summed E-state index contributed by atoms with van der Waals surface area (Å²) < 4.78 is 5.51. The van der Waals surface area contributed by atoms with Crippen molar-refractivity contribution in [2.45, 2.75) is 13.5 Å². The van der Waals surface area contributed by atoms with Crippen molar-refractivity contribution in [1.29, 1.82) is 0 Å². The Morgan fingerprint density at radius 1 is 1.54 bits per heavy atom. The molecule has 2 rings (SSSR count). The Bertz CT molecular complexity index is 405. The molecule has 2 aromatic heterocycles. The Hall–Kier alpha value is -1.13. The number of hydrogen-bond donors (Lipinski definition) is 1. The van der Waals surface area contributed by atoms with E-state index in [4.69, 9.17) is 4.42 Å². The quantitative estimate of drug-likeness (QED) is 0.788. The standard InChI is InChI=1S/C9H10N2OS/c1-6-11-8(5-13-6)9-3-2-7(4-10)12-9/h2-3,5H,4,10H2,1H3/p+1. The molecule has 0 atom stereocenters. The van der Waals surface area contributed by atoms with Gasteiger partial charge in [0.2, 0.25) is 0 Å². The molecule has 0 aromatic carbocycles. The summed E-state index contributed by atoms with van der Waals surface area (Å²) in [6.45, 7) is 2.67. The van der Waals surface area contributed by atoms with Crippen LogP contribution in [0.2, 0.25) is 0 Å². The molecule has 0 radical (unpaired) electrons. The van der Waals surface area contributed by atoms with Gasteiger partial charge in [0.05, 0.1) is 5.01 Å². The maximum Gasteiger partial charge on any atom is 0.158 e. The van der Waals surface area contributed by atoms with Gasteiger partial charge in [0.25, 0.3) is 0 Å². The van der Waals surface area contributed by atoms with Gasteiger partial charge in [-0.05, 0) is 19.1 Å². The van der Waals surface area contributed by atoms with Crippen LogP contribution in [0.1, 0.15) is 10.8 Å². The number of furan rings is 1.